The quantitative estimate of drug-likeness (QED) is 0.684. The minimum absolute atomic E-state index is 0.0257. The molecule has 1 aliphatic rings. The second-order valence-electron chi connectivity index (χ2n) is 5.87. The molecule has 1 rings (SSSR count). The summed E-state index contributed by atoms with van der Waals surface area (Å²) in [6.07, 6.45) is 4.20. The van der Waals surface area contributed by atoms with Gasteiger partial charge in [-0.2, -0.15) is 0 Å². The predicted octanol–water partition coefficient (Wildman–Crippen LogP) is 1.54. The molecule has 0 heterocycles. The van der Waals surface area contributed by atoms with Crippen LogP contribution in [0.25, 0.3) is 0 Å². The van der Waals surface area contributed by atoms with E-state index in [4.69, 9.17) is 5.11 Å². The van der Waals surface area contributed by atoms with Crippen molar-refractivity contribution in [3.63, 3.8) is 0 Å². The fourth-order valence-corrected chi connectivity index (χ4v) is 2.61. The van der Waals surface area contributed by atoms with E-state index in [1.165, 1.54) is 0 Å². The maximum atomic E-state index is 11.9. The van der Waals surface area contributed by atoms with Gasteiger partial charge in [0.1, 0.15) is 12.1 Å². The van der Waals surface area contributed by atoms with Gasteiger partial charge in [0.05, 0.1) is 0 Å². The van der Waals surface area contributed by atoms with Crippen molar-refractivity contribution >= 4 is 11.9 Å². The lowest BCUT2D eigenvalue weighted by molar-refractivity contribution is -0.144. The third-order valence-corrected chi connectivity index (χ3v) is 3.69. The van der Waals surface area contributed by atoms with Crippen LogP contribution in [-0.4, -0.2) is 34.2 Å². The summed E-state index contributed by atoms with van der Waals surface area (Å²) in [6, 6.07) is -0.911. The highest BCUT2D eigenvalue weighted by atomic mass is 16.4. The molecule has 1 amide bonds. The number of carbonyl (C=O) groups excluding carboxylic acids is 1. The van der Waals surface area contributed by atoms with Crippen LogP contribution >= 0.6 is 0 Å². The number of carbonyl (C=O) groups is 2. The average Bonchev–Trinajstić information content (AvgIpc) is 2.37. The summed E-state index contributed by atoms with van der Waals surface area (Å²) in [7, 11) is 0. The lowest BCUT2D eigenvalue weighted by atomic mass is 9.85. The van der Waals surface area contributed by atoms with E-state index >= 15 is 0 Å². The SMILES string of the molecule is CC(C)C[C@H](NC(=O)C(O)C1CCCCC1)C(=O)O. The van der Waals surface area contributed by atoms with Gasteiger partial charge in [-0.15, -0.1) is 0 Å². The van der Waals surface area contributed by atoms with E-state index in [0.29, 0.717) is 6.42 Å². The van der Waals surface area contributed by atoms with E-state index in [-0.39, 0.29) is 11.8 Å². The Morgan fingerprint density at radius 2 is 1.79 bits per heavy atom. The number of aliphatic hydroxyl groups excluding tert-OH is 1. The van der Waals surface area contributed by atoms with Crippen LogP contribution in [0.1, 0.15) is 52.4 Å². The fraction of sp³-hybridized carbons (Fsp3) is 0.857. The van der Waals surface area contributed by atoms with Crippen LogP contribution in [0.15, 0.2) is 0 Å². The number of carboxylic acids is 1. The zero-order valence-electron chi connectivity index (χ0n) is 11.8. The number of aliphatic hydroxyl groups is 1. The van der Waals surface area contributed by atoms with E-state index in [0.717, 1.165) is 32.1 Å². The number of nitrogens with one attached hydrogen (secondary N) is 1. The molecular formula is C14H25NO4. The molecule has 19 heavy (non-hydrogen) atoms. The lowest BCUT2D eigenvalue weighted by Crippen LogP contribution is -2.48. The topological polar surface area (TPSA) is 86.6 Å². The molecule has 1 saturated carbocycles. The second-order valence-corrected chi connectivity index (χ2v) is 5.87. The molecule has 0 saturated heterocycles. The van der Waals surface area contributed by atoms with Crippen LogP contribution in [0, 0.1) is 11.8 Å². The van der Waals surface area contributed by atoms with Crippen LogP contribution in [0.5, 0.6) is 0 Å². The molecule has 1 unspecified atom stereocenters. The molecule has 1 aliphatic carbocycles. The standard InChI is InChI=1S/C14H25NO4/c1-9(2)8-11(14(18)19)15-13(17)12(16)10-6-4-3-5-7-10/h9-12,16H,3-8H2,1-2H3,(H,15,17)(H,18,19)/t11-,12?/m0/s1. The van der Waals surface area contributed by atoms with Gasteiger partial charge >= 0.3 is 5.97 Å². The number of aliphatic carboxylic acids is 1. The molecule has 5 nitrogen and oxygen atoms in total. The first-order chi connectivity index (χ1) is 8.91. The summed E-state index contributed by atoms with van der Waals surface area (Å²) in [6.45, 7) is 3.80. The molecule has 0 radical (unpaired) electrons. The van der Waals surface area contributed by atoms with Crippen LogP contribution in [0.3, 0.4) is 0 Å². The molecule has 2 atom stereocenters. The largest absolute Gasteiger partial charge is 0.480 e. The molecule has 0 aromatic heterocycles. The van der Waals surface area contributed by atoms with Crippen LogP contribution < -0.4 is 5.32 Å². The molecule has 3 N–H and O–H groups in total. The molecule has 0 aromatic carbocycles. The monoisotopic (exact) mass is 271 g/mol. The van der Waals surface area contributed by atoms with Crippen molar-refractivity contribution < 1.29 is 19.8 Å². The van der Waals surface area contributed by atoms with Crippen molar-refractivity contribution in [3.8, 4) is 0 Å². The summed E-state index contributed by atoms with van der Waals surface area (Å²) in [4.78, 5) is 23.0. The Balaban J connectivity index is 2.52. The summed E-state index contributed by atoms with van der Waals surface area (Å²) in [5.74, 6) is -1.44. The molecule has 1 fully saturated rings. The van der Waals surface area contributed by atoms with Crippen LogP contribution in [-0.2, 0) is 9.59 Å². The first-order valence-electron chi connectivity index (χ1n) is 7.13. The Morgan fingerprint density at radius 1 is 1.21 bits per heavy atom. The molecule has 5 heteroatoms. The molecule has 0 aromatic rings. The van der Waals surface area contributed by atoms with Gasteiger partial charge in [-0.05, 0) is 31.1 Å². The normalized spacial score (nSPS) is 20.0. The number of hydrogen-bond acceptors (Lipinski definition) is 3. The fourth-order valence-electron chi connectivity index (χ4n) is 2.61. The third kappa shape index (κ3) is 5.19. The molecule has 110 valence electrons. The van der Waals surface area contributed by atoms with Gasteiger partial charge in [0.2, 0.25) is 5.91 Å². The zero-order valence-corrected chi connectivity index (χ0v) is 11.8. The number of rotatable bonds is 6. The van der Waals surface area contributed by atoms with E-state index in [1.54, 1.807) is 0 Å². The van der Waals surface area contributed by atoms with Gasteiger partial charge in [-0.3, -0.25) is 4.79 Å². The van der Waals surface area contributed by atoms with E-state index in [9.17, 15) is 14.7 Å². The highest BCUT2D eigenvalue weighted by molar-refractivity contribution is 5.86. The van der Waals surface area contributed by atoms with Crippen molar-refractivity contribution in [3.05, 3.63) is 0 Å². The Kier molecular flexibility index (Phi) is 6.28. The number of amides is 1. The Hall–Kier alpha value is -1.10. The second kappa shape index (κ2) is 7.48. The van der Waals surface area contributed by atoms with Crippen LogP contribution in [0.2, 0.25) is 0 Å². The van der Waals surface area contributed by atoms with Crippen molar-refractivity contribution in [1.29, 1.82) is 0 Å². The van der Waals surface area contributed by atoms with E-state index in [2.05, 4.69) is 5.32 Å². The summed E-state index contributed by atoms with van der Waals surface area (Å²) < 4.78 is 0. The van der Waals surface area contributed by atoms with Gasteiger partial charge in [-0.1, -0.05) is 33.1 Å². The minimum atomic E-state index is -1.07. The summed E-state index contributed by atoms with van der Waals surface area (Å²) >= 11 is 0. The van der Waals surface area contributed by atoms with Crippen molar-refractivity contribution in [1.82, 2.24) is 5.32 Å². The van der Waals surface area contributed by atoms with Gasteiger partial charge in [0, 0.05) is 0 Å². The maximum Gasteiger partial charge on any atom is 0.326 e. The highest BCUT2D eigenvalue weighted by Gasteiger charge is 2.30. The molecular weight excluding hydrogens is 246 g/mol. The number of hydrogen-bond donors (Lipinski definition) is 3. The van der Waals surface area contributed by atoms with Crippen molar-refractivity contribution in [2.24, 2.45) is 11.8 Å². The van der Waals surface area contributed by atoms with Gasteiger partial charge < -0.3 is 15.5 Å². The van der Waals surface area contributed by atoms with Crippen molar-refractivity contribution in [2.75, 3.05) is 0 Å². The average molecular weight is 271 g/mol. The molecule has 0 spiro atoms. The lowest BCUT2D eigenvalue weighted by Gasteiger charge is -2.27. The number of carboxylic acid groups (broad SMARTS) is 1. The minimum Gasteiger partial charge on any atom is -0.480 e. The van der Waals surface area contributed by atoms with E-state index in [1.807, 2.05) is 13.8 Å². The van der Waals surface area contributed by atoms with Gasteiger partial charge in [0.15, 0.2) is 0 Å². The molecule has 0 aliphatic heterocycles. The third-order valence-electron chi connectivity index (χ3n) is 3.69. The van der Waals surface area contributed by atoms with Gasteiger partial charge in [-0.25, -0.2) is 4.79 Å². The maximum absolute atomic E-state index is 11.9. The zero-order chi connectivity index (χ0) is 14.4. The highest BCUT2D eigenvalue weighted by Crippen LogP contribution is 2.26. The predicted molar refractivity (Wildman–Crippen MR) is 71.6 cm³/mol. The van der Waals surface area contributed by atoms with Crippen molar-refractivity contribution in [2.45, 2.75) is 64.5 Å². The first kappa shape index (κ1) is 16.0. The summed E-state index contributed by atoms with van der Waals surface area (Å²) in [5, 5.41) is 21.5. The molecule has 0 bridgehead atoms. The Labute approximate surface area is 114 Å². The first-order valence-corrected chi connectivity index (χ1v) is 7.13. The Morgan fingerprint density at radius 3 is 2.26 bits per heavy atom. The Bertz CT molecular complexity index is 311. The smallest absolute Gasteiger partial charge is 0.326 e. The summed E-state index contributed by atoms with van der Waals surface area (Å²) in [5.41, 5.74) is 0. The van der Waals surface area contributed by atoms with E-state index < -0.39 is 24.0 Å². The van der Waals surface area contributed by atoms with Crippen LogP contribution in [0.4, 0.5) is 0 Å². The van der Waals surface area contributed by atoms with Gasteiger partial charge in [0.25, 0.3) is 0 Å².